The molecular weight excluding hydrogens is 268 g/mol. The SMILES string of the molecule is CC=CC=CCOc1ccc(-c2ccc(Cl)cc2)cc1. The minimum atomic E-state index is 0.574. The van der Waals surface area contributed by atoms with Gasteiger partial charge in [-0.3, -0.25) is 0 Å². The summed E-state index contributed by atoms with van der Waals surface area (Å²) in [5, 5.41) is 0.751. The lowest BCUT2D eigenvalue weighted by molar-refractivity contribution is 0.363. The van der Waals surface area contributed by atoms with Gasteiger partial charge in [0, 0.05) is 5.02 Å². The largest absolute Gasteiger partial charge is 0.490 e. The van der Waals surface area contributed by atoms with Crippen molar-refractivity contribution in [2.75, 3.05) is 6.61 Å². The Morgan fingerprint density at radius 3 is 2.10 bits per heavy atom. The van der Waals surface area contributed by atoms with Crippen LogP contribution in [-0.2, 0) is 0 Å². The van der Waals surface area contributed by atoms with E-state index < -0.39 is 0 Å². The number of halogens is 1. The van der Waals surface area contributed by atoms with Crippen molar-refractivity contribution < 1.29 is 4.74 Å². The van der Waals surface area contributed by atoms with Crippen molar-refractivity contribution in [3.8, 4) is 16.9 Å². The Labute approximate surface area is 125 Å². The molecule has 102 valence electrons. The predicted octanol–water partition coefficient (Wildman–Crippen LogP) is 5.52. The molecule has 2 rings (SSSR count). The summed E-state index contributed by atoms with van der Waals surface area (Å²) in [6.07, 6.45) is 7.92. The molecule has 0 radical (unpaired) electrons. The van der Waals surface area contributed by atoms with Crippen LogP contribution < -0.4 is 4.74 Å². The van der Waals surface area contributed by atoms with E-state index in [1.165, 1.54) is 0 Å². The summed E-state index contributed by atoms with van der Waals surface area (Å²) in [5.41, 5.74) is 2.30. The second-order valence-electron chi connectivity index (χ2n) is 4.30. The van der Waals surface area contributed by atoms with Crippen LogP contribution in [0.3, 0.4) is 0 Å². The van der Waals surface area contributed by atoms with E-state index in [1.807, 2.05) is 79.8 Å². The molecule has 2 heteroatoms. The van der Waals surface area contributed by atoms with E-state index in [2.05, 4.69) is 0 Å². The molecular formula is C18H17ClO. The minimum absolute atomic E-state index is 0.574. The van der Waals surface area contributed by atoms with Gasteiger partial charge in [0.05, 0.1) is 0 Å². The highest BCUT2D eigenvalue weighted by molar-refractivity contribution is 6.30. The second kappa shape index (κ2) is 7.56. The van der Waals surface area contributed by atoms with Gasteiger partial charge < -0.3 is 4.74 Å². The molecule has 0 bridgehead atoms. The Hall–Kier alpha value is -1.99. The molecule has 20 heavy (non-hydrogen) atoms. The first kappa shape index (κ1) is 14.4. The number of hydrogen-bond donors (Lipinski definition) is 0. The molecule has 2 aromatic rings. The van der Waals surface area contributed by atoms with E-state index in [0.29, 0.717) is 6.61 Å². The van der Waals surface area contributed by atoms with Gasteiger partial charge in [0.2, 0.25) is 0 Å². The topological polar surface area (TPSA) is 9.23 Å². The van der Waals surface area contributed by atoms with Crippen molar-refractivity contribution in [3.63, 3.8) is 0 Å². The van der Waals surface area contributed by atoms with Crippen molar-refractivity contribution >= 4 is 11.6 Å². The number of benzene rings is 2. The minimum Gasteiger partial charge on any atom is -0.490 e. The van der Waals surface area contributed by atoms with E-state index in [4.69, 9.17) is 16.3 Å². The predicted molar refractivity (Wildman–Crippen MR) is 86.3 cm³/mol. The van der Waals surface area contributed by atoms with Gasteiger partial charge in [-0.1, -0.05) is 54.1 Å². The lowest BCUT2D eigenvalue weighted by Crippen LogP contribution is -1.92. The van der Waals surface area contributed by atoms with Crippen LogP contribution in [-0.4, -0.2) is 6.61 Å². The summed E-state index contributed by atoms with van der Waals surface area (Å²) in [6, 6.07) is 15.9. The highest BCUT2D eigenvalue weighted by Crippen LogP contribution is 2.23. The maximum atomic E-state index is 5.89. The summed E-state index contributed by atoms with van der Waals surface area (Å²) in [5.74, 6) is 0.868. The molecule has 0 atom stereocenters. The summed E-state index contributed by atoms with van der Waals surface area (Å²) in [7, 11) is 0. The van der Waals surface area contributed by atoms with Crippen LogP contribution in [0.15, 0.2) is 72.8 Å². The quantitative estimate of drug-likeness (QED) is 0.657. The molecule has 0 fully saturated rings. The van der Waals surface area contributed by atoms with Crippen molar-refractivity contribution in [2.24, 2.45) is 0 Å². The van der Waals surface area contributed by atoms with Crippen LogP contribution in [0, 0.1) is 0 Å². The molecule has 0 N–H and O–H groups in total. The fourth-order valence-corrected chi connectivity index (χ4v) is 1.90. The summed E-state index contributed by atoms with van der Waals surface area (Å²) in [4.78, 5) is 0. The Kier molecular flexibility index (Phi) is 5.45. The molecule has 0 heterocycles. The standard InChI is InChI=1S/C18H17ClO/c1-2-3-4-5-14-20-18-12-8-16(9-13-18)15-6-10-17(19)11-7-15/h2-13H,14H2,1H3. The van der Waals surface area contributed by atoms with Crippen molar-refractivity contribution in [3.05, 3.63) is 77.9 Å². The molecule has 0 aromatic heterocycles. The molecule has 0 aliphatic rings. The van der Waals surface area contributed by atoms with E-state index in [1.54, 1.807) is 0 Å². The molecule has 0 saturated heterocycles. The first-order chi connectivity index (χ1) is 9.79. The van der Waals surface area contributed by atoms with Crippen LogP contribution in [0.25, 0.3) is 11.1 Å². The molecule has 1 nitrogen and oxygen atoms in total. The Bertz CT molecular complexity index is 580. The van der Waals surface area contributed by atoms with E-state index in [0.717, 1.165) is 21.9 Å². The van der Waals surface area contributed by atoms with Gasteiger partial charge in [-0.05, 0) is 48.4 Å². The van der Waals surface area contributed by atoms with E-state index in [9.17, 15) is 0 Å². The average Bonchev–Trinajstić information content (AvgIpc) is 2.49. The van der Waals surface area contributed by atoms with Gasteiger partial charge in [-0.25, -0.2) is 0 Å². The van der Waals surface area contributed by atoms with Crippen LogP contribution >= 0.6 is 11.6 Å². The average molecular weight is 285 g/mol. The number of hydrogen-bond acceptors (Lipinski definition) is 1. The molecule has 2 aromatic carbocycles. The maximum Gasteiger partial charge on any atom is 0.119 e. The highest BCUT2D eigenvalue weighted by Gasteiger charge is 1.98. The molecule has 0 aliphatic carbocycles. The fourth-order valence-electron chi connectivity index (χ4n) is 1.78. The van der Waals surface area contributed by atoms with Gasteiger partial charge in [0.1, 0.15) is 12.4 Å². The highest BCUT2D eigenvalue weighted by atomic mass is 35.5. The summed E-state index contributed by atoms with van der Waals surface area (Å²) in [6.45, 7) is 2.56. The van der Waals surface area contributed by atoms with Crippen molar-refractivity contribution in [1.82, 2.24) is 0 Å². The van der Waals surface area contributed by atoms with Crippen LogP contribution in [0.1, 0.15) is 6.92 Å². The monoisotopic (exact) mass is 284 g/mol. The number of ether oxygens (including phenoxy) is 1. The molecule has 0 spiro atoms. The van der Waals surface area contributed by atoms with Gasteiger partial charge in [0.15, 0.2) is 0 Å². The zero-order valence-electron chi connectivity index (χ0n) is 11.4. The molecule has 0 unspecified atom stereocenters. The first-order valence-electron chi connectivity index (χ1n) is 6.56. The van der Waals surface area contributed by atoms with Gasteiger partial charge in [-0.15, -0.1) is 0 Å². The third kappa shape index (κ3) is 4.29. The van der Waals surface area contributed by atoms with Gasteiger partial charge in [-0.2, -0.15) is 0 Å². The molecule has 0 saturated carbocycles. The summed E-state index contributed by atoms with van der Waals surface area (Å²) >= 11 is 5.89. The van der Waals surface area contributed by atoms with Crippen molar-refractivity contribution in [2.45, 2.75) is 6.92 Å². The molecule has 0 amide bonds. The van der Waals surface area contributed by atoms with Crippen molar-refractivity contribution in [1.29, 1.82) is 0 Å². The second-order valence-corrected chi connectivity index (χ2v) is 4.73. The maximum absolute atomic E-state index is 5.89. The third-order valence-electron chi connectivity index (χ3n) is 2.82. The van der Waals surface area contributed by atoms with Crippen LogP contribution in [0.4, 0.5) is 0 Å². The smallest absolute Gasteiger partial charge is 0.119 e. The number of rotatable bonds is 5. The molecule has 0 aliphatic heterocycles. The lowest BCUT2D eigenvalue weighted by Gasteiger charge is -2.05. The third-order valence-corrected chi connectivity index (χ3v) is 3.07. The fraction of sp³-hybridized carbons (Fsp3) is 0.111. The van der Waals surface area contributed by atoms with E-state index in [-0.39, 0.29) is 0 Å². The zero-order valence-corrected chi connectivity index (χ0v) is 12.2. The van der Waals surface area contributed by atoms with Gasteiger partial charge in [0.25, 0.3) is 0 Å². The lowest BCUT2D eigenvalue weighted by atomic mass is 10.1. The number of allylic oxidation sites excluding steroid dienone is 3. The van der Waals surface area contributed by atoms with E-state index >= 15 is 0 Å². The Balaban J connectivity index is 1.97. The Morgan fingerprint density at radius 2 is 1.50 bits per heavy atom. The summed E-state index contributed by atoms with van der Waals surface area (Å²) < 4.78 is 5.62. The van der Waals surface area contributed by atoms with Crippen LogP contribution in [0.2, 0.25) is 5.02 Å². The first-order valence-corrected chi connectivity index (χ1v) is 6.94. The zero-order chi connectivity index (χ0) is 14.2. The Morgan fingerprint density at radius 1 is 0.900 bits per heavy atom. The normalized spacial score (nSPS) is 11.3. The van der Waals surface area contributed by atoms with Crippen LogP contribution in [0.5, 0.6) is 5.75 Å². The van der Waals surface area contributed by atoms with Gasteiger partial charge >= 0.3 is 0 Å².